The van der Waals surface area contributed by atoms with Crippen molar-refractivity contribution in [1.82, 2.24) is 5.32 Å². The fourth-order valence-corrected chi connectivity index (χ4v) is 1.64. The molecule has 0 saturated carbocycles. The summed E-state index contributed by atoms with van der Waals surface area (Å²) in [4.78, 5) is 0. The Hall–Kier alpha value is -1.02. The SMILES string of the molecule is Cc1cccc(C)c1OCCNCC(C)C. The third kappa shape index (κ3) is 4.23. The van der Waals surface area contributed by atoms with Crippen LogP contribution in [0.1, 0.15) is 25.0 Å². The van der Waals surface area contributed by atoms with E-state index in [2.05, 4.69) is 51.2 Å². The highest BCUT2D eigenvalue weighted by Gasteiger charge is 2.02. The molecule has 2 nitrogen and oxygen atoms in total. The van der Waals surface area contributed by atoms with E-state index in [4.69, 9.17) is 4.74 Å². The van der Waals surface area contributed by atoms with Crippen LogP contribution in [-0.4, -0.2) is 19.7 Å². The number of rotatable bonds is 6. The predicted octanol–water partition coefficient (Wildman–Crippen LogP) is 2.93. The van der Waals surface area contributed by atoms with E-state index in [0.29, 0.717) is 5.92 Å². The van der Waals surface area contributed by atoms with Crippen LogP contribution in [-0.2, 0) is 0 Å². The van der Waals surface area contributed by atoms with Crippen molar-refractivity contribution in [2.24, 2.45) is 5.92 Å². The minimum atomic E-state index is 0.695. The number of hydrogen-bond donors (Lipinski definition) is 1. The summed E-state index contributed by atoms with van der Waals surface area (Å²) >= 11 is 0. The van der Waals surface area contributed by atoms with Gasteiger partial charge in [0.1, 0.15) is 12.4 Å². The molecule has 1 aromatic carbocycles. The van der Waals surface area contributed by atoms with Gasteiger partial charge in [-0.25, -0.2) is 0 Å². The second kappa shape index (κ2) is 6.54. The molecule has 0 aliphatic carbocycles. The summed E-state index contributed by atoms with van der Waals surface area (Å²) in [5.74, 6) is 1.73. The van der Waals surface area contributed by atoms with Crippen LogP contribution in [0.2, 0.25) is 0 Å². The molecule has 0 aromatic heterocycles. The van der Waals surface area contributed by atoms with Gasteiger partial charge in [0.05, 0.1) is 0 Å². The van der Waals surface area contributed by atoms with Crippen LogP contribution in [0, 0.1) is 19.8 Å². The van der Waals surface area contributed by atoms with Crippen molar-refractivity contribution < 1.29 is 4.74 Å². The van der Waals surface area contributed by atoms with Gasteiger partial charge in [-0.1, -0.05) is 32.0 Å². The minimum Gasteiger partial charge on any atom is -0.492 e. The third-order valence-electron chi connectivity index (χ3n) is 2.49. The van der Waals surface area contributed by atoms with Crippen molar-refractivity contribution >= 4 is 0 Å². The highest BCUT2D eigenvalue weighted by molar-refractivity contribution is 5.39. The Kier molecular flexibility index (Phi) is 5.33. The number of benzene rings is 1. The lowest BCUT2D eigenvalue weighted by Crippen LogP contribution is -2.25. The molecule has 90 valence electrons. The monoisotopic (exact) mass is 221 g/mol. The van der Waals surface area contributed by atoms with Crippen molar-refractivity contribution in [3.63, 3.8) is 0 Å². The average Bonchev–Trinajstić information content (AvgIpc) is 2.21. The predicted molar refractivity (Wildman–Crippen MR) is 69.1 cm³/mol. The number of nitrogens with one attached hydrogen (secondary N) is 1. The van der Waals surface area contributed by atoms with Crippen LogP contribution in [0.4, 0.5) is 0 Å². The summed E-state index contributed by atoms with van der Waals surface area (Å²) in [5.41, 5.74) is 2.42. The van der Waals surface area contributed by atoms with E-state index < -0.39 is 0 Å². The quantitative estimate of drug-likeness (QED) is 0.746. The number of hydrogen-bond acceptors (Lipinski definition) is 2. The summed E-state index contributed by atoms with van der Waals surface area (Å²) < 4.78 is 5.79. The zero-order valence-electron chi connectivity index (χ0n) is 10.8. The van der Waals surface area contributed by atoms with Gasteiger partial charge in [0, 0.05) is 6.54 Å². The zero-order chi connectivity index (χ0) is 12.0. The van der Waals surface area contributed by atoms with E-state index in [-0.39, 0.29) is 0 Å². The molecule has 0 amide bonds. The first kappa shape index (κ1) is 13.0. The van der Waals surface area contributed by atoms with Crippen LogP contribution < -0.4 is 10.1 Å². The Labute approximate surface area is 99.0 Å². The average molecular weight is 221 g/mol. The molecule has 0 unspecified atom stereocenters. The van der Waals surface area contributed by atoms with E-state index >= 15 is 0 Å². The minimum absolute atomic E-state index is 0.695. The van der Waals surface area contributed by atoms with Crippen LogP contribution in [0.5, 0.6) is 5.75 Å². The maximum absolute atomic E-state index is 5.79. The molecule has 0 spiro atoms. The van der Waals surface area contributed by atoms with Crippen LogP contribution in [0.3, 0.4) is 0 Å². The fraction of sp³-hybridized carbons (Fsp3) is 0.571. The van der Waals surface area contributed by atoms with Crippen LogP contribution >= 0.6 is 0 Å². The Morgan fingerprint density at radius 2 is 1.81 bits per heavy atom. The molecule has 0 aliphatic rings. The maximum atomic E-state index is 5.79. The summed E-state index contributed by atoms with van der Waals surface area (Å²) in [6.45, 7) is 11.3. The van der Waals surface area contributed by atoms with Gasteiger partial charge in [-0.05, 0) is 37.4 Å². The Bertz CT molecular complexity index is 300. The van der Waals surface area contributed by atoms with Gasteiger partial charge in [-0.2, -0.15) is 0 Å². The molecule has 0 radical (unpaired) electrons. The molecule has 0 bridgehead atoms. The lowest BCUT2D eigenvalue weighted by molar-refractivity contribution is 0.307. The van der Waals surface area contributed by atoms with E-state index in [1.165, 1.54) is 11.1 Å². The molecule has 1 rings (SSSR count). The topological polar surface area (TPSA) is 21.3 Å². The first-order valence-corrected chi connectivity index (χ1v) is 6.01. The van der Waals surface area contributed by atoms with Gasteiger partial charge in [-0.15, -0.1) is 0 Å². The van der Waals surface area contributed by atoms with Gasteiger partial charge in [0.2, 0.25) is 0 Å². The lowest BCUT2D eigenvalue weighted by atomic mass is 10.1. The van der Waals surface area contributed by atoms with E-state index in [9.17, 15) is 0 Å². The molecule has 0 aliphatic heterocycles. The van der Waals surface area contributed by atoms with Gasteiger partial charge in [0.15, 0.2) is 0 Å². The molecule has 0 fully saturated rings. The summed E-state index contributed by atoms with van der Waals surface area (Å²) in [5, 5.41) is 3.37. The van der Waals surface area contributed by atoms with Gasteiger partial charge in [0.25, 0.3) is 0 Å². The second-order valence-corrected chi connectivity index (χ2v) is 4.67. The van der Waals surface area contributed by atoms with E-state index in [1.54, 1.807) is 0 Å². The van der Waals surface area contributed by atoms with Crippen LogP contribution in [0.15, 0.2) is 18.2 Å². The maximum Gasteiger partial charge on any atom is 0.125 e. The Morgan fingerprint density at radius 3 is 2.38 bits per heavy atom. The Balaban J connectivity index is 2.32. The van der Waals surface area contributed by atoms with Gasteiger partial charge < -0.3 is 10.1 Å². The highest BCUT2D eigenvalue weighted by atomic mass is 16.5. The second-order valence-electron chi connectivity index (χ2n) is 4.67. The number of ether oxygens (including phenoxy) is 1. The lowest BCUT2D eigenvalue weighted by Gasteiger charge is -2.12. The van der Waals surface area contributed by atoms with Crippen molar-refractivity contribution in [2.45, 2.75) is 27.7 Å². The molecular formula is C14H23NO. The summed E-state index contributed by atoms with van der Waals surface area (Å²) in [7, 11) is 0. The molecule has 0 heterocycles. The van der Waals surface area contributed by atoms with Gasteiger partial charge >= 0.3 is 0 Å². The van der Waals surface area contributed by atoms with E-state index in [1.807, 2.05) is 0 Å². The first-order valence-electron chi connectivity index (χ1n) is 6.01. The molecule has 2 heteroatoms. The van der Waals surface area contributed by atoms with Gasteiger partial charge in [-0.3, -0.25) is 0 Å². The normalized spacial score (nSPS) is 10.8. The molecule has 1 aromatic rings. The molecule has 1 N–H and O–H groups in total. The molecule has 0 saturated heterocycles. The van der Waals surface area contributed by atoms with E-state index in [0.717, 1.165) is 25.4 Å². The van der Waals surface area contributed by atoms with Crippen LogP contribution in [0.25, 0.3) is 0 Å². The molecule has 16 heavy (non-hydrogen) atoms. The zero-order valence-corrected chi connectivity index (χ0v) is 10.8. The van der Waals surface area contributed by atoms with Crippen molar-refractivity contribution in [3.8, 4) is 5.75 Å². The third-order valence-corrected chi connectivity index (χ3v) is 2.49. The largest absolute Gasteiger partial charge is 0.492 e. The fourth-order valence-electron chi connectivity index (χ4n) is 1.64. The van der Waals surface area contributed by atoms with Crippen molar-refractivity contribution in [2.75, 3.05) is 19.7 Å². The number of aryl methyl sites for hydroxylation is 2. The smallest absolute Gasteiger partial charge is 0.125 e. The first-order chi connectivity index (χ1) is 7.61. The molecular weight excluding hydrogens is 198 g/mol. The van der Waals surface area contributed by atoms with Crippen molar-refractivity contribution in [1.29, 1.82) is 0 Å². The van der Waals surface area contributed by atoms with Crippen molar-refractivity contribution in [3.05, 3.63) is 29.3 Å². The summed E-state index contributed by atoms with van der Waals surface area (Å²) in [6, 6.07) is 6.24. The Morgan fingerprint density at radius 1 is 1.19 bits per heavy atom. The number of para-hydroxylation sites is 1. The molecule has 0 atom stereocenters. The summed E-state index contributed by atoms with van der Waals surface area (Å²) in [6.07, 6.45) is 0. The standard InChI is InChI=1S/C14H23NO/c1-11(2)10-15-8-9-16-14-12(3)6-5-7-13(14)4/h5-7,11,15H,8-10H2,1-4H3. The highest BCUT2D eigenvalue weighted by Crippen LogP contribution is 2.21.